The van der Waals surface area contributed by atoms with Crippen LogP contribution in [-0.2, 0) is 9.53 Å². The number of carbonyl (C=O) groups is 1. The van der Waals surface area contributed by atoms with Gasteiger partial charge in [-0.1, -0.05) is 13.3 Å². The average Bonchev–Trinajstić information content (AvgIpc) is 1.88. The van der Waals surface area contributed by atoms with Gasteiger partial charge in [-0.2, -0.15) is 0 Å². The highest BCUT2D eigenvalue weighted by Crippen LogP contribution is 2.07. The molecule has 0 heterocycles. The Morgan fingerprint density at radius 1 is 1.58 bits per heavy atom. The number of ether oxygens (including phenoxy) is 1. The van der Waals surface area contributed by atoms with Crippen LogP contribution < -0.4 is 5.73 Å². The van der Waals surface area contributed by atoms with Gasteiger partial charge in [-0.15, -0.1) is 0 Å². The Labute approximate surface area is 71.8 Å². The van der Waals surface area contributed by atoms with Crippen molar-refractivity contribution in [3.05, 3.63) is 0 Å². The third-order valence-corrected chi connectivity index (χ3v) is 1.26. The van der Waals surface area contributed by atoms with Crippen molar-refractivity contribution in [2.24, 2.45) is 5.73 Å². The molecule has 0 rings (SSSR count). The van der Waals surface area contributed by atoms with Gasteiger partial charge in [0.15, 0.2) is 0 Å². The van der Waals surface area contributed by atoms with Crippen molar-refractivity contribution in [1.29, 1.82) is 0 Å². The highest BCUT2D eigenvalue weighted by Gasteiger charge is 2.31. The van der Waals surface area contributed by atoms with E-state index in [1.54, 1.807) is 6.92 Å². The summed E-state index contributed by atoms with van der Waals surface area (Å²) in [4.78, 5) is 10.9. The van der Waals surface area contributed by atoms with E-state index in [1.165, 1.54) is 0 Å². The van der Waals surface area contributed by atoms with Crippen LogP contribution in [0.15, 0.2) is 0 Å². The van der Waals surface area contributed by atoms with Crippen LogP contribution in [0.3, 0.4) is 0 Å². The van der Waals surface area contributed by atoms with Gasteiger partial charge in [0.25, 0.3) is 0 Å². The molecule has 0 spiro atoms. The Balaban J connectivity index is 0. The Kier molecular flexibility index (Phi) is 6.88. The first-order valence-electron chi connectivity index (χ1n) is 3.73. The minimum Gasteiger partial charge on any atom is -0.463 e. The molecule has 74 valence electrons. The zero-order chi connectivity index (χ0) is 8.91. The van der Waals surface area contributed by atoms with Crippen molar-refractivity contribution in [2.45, 2.75) is 32.4 Å². The van der Waals surface area contributed by atoms with Gasteiger partial charge in [0.1, 0.15) is 0 Å². The van der Waals surface area contributed by atoms with Crippen LogP contribution in [-0.4, -0.2) is 28.9 Å². The largest absolute Gasteiger partial charge is 0.463 e. The molecule has 5 heteroatoms. The summed E-state index contributed by atoms with van der Waals surface area (Å²) in [6, 6.07) is 0. The van der Waals surface area contributed by atoms with Crippen LogP contribution in [0.5, 0.6) is 0 Å². The molecule has 1 atom stereocenters. The molecule has 5 N–H and O–H groups in total. The second-order valence-corrected chi connectivity index (χ2v) is 2.39. The van der Waals surface area contributed by atoms with Crippen molar-refractivity contribution in [3.63, 3.8) is 0 Å². The third kappa shape index (κ3) is 4.27. The molecule has 0 aromatic rings. The maximum absolute atomic E-state index is 10.9. The number of hydrogen-bond acceptors (Lipinski definition) is 4. The fourth-order valence-electron chi connectivity index (χ4n) is 0.739. The SMILES string of the molecule is CCCC(N)(O)C(=O)OCC.O. The van der Waals surface area contributed by atoms with Crippen LogP contribution in [0.4, 0.5) is 0 Å². The summed E-state index contributed by atoms with van der Waals surface area (Å²) >= 11 is 0. The molecule has 0 aliphatic rings. The molecular formula is C7H17NO4. The molecular weight excluding hydrogens is 162 g/mol. The Morgan fingerprint density at radius 3 is 2.42 bits per heavy atom. The van der Waals surface area contributed by atoms with E-state index in [4.69, 9.17) is 5.73 Å². The predicted octanol–water partition coefficient (Wildman–Crippen LogP) is -0.828. The first kappa shape index (κ1) is 13.9. The molecule has 0 bridgehead atoms. The van der Waals surface area contributed by atoms with Gasteiger partial charge in [0, 0.05) is 6.42 Å². The molecule has 0 saturated heterocycles. The lowest BCUT2D eigenvalue weighted by atomic mass is 10.1. The van der Waals surface area contributed by atoms with Crippen molar-refractivity contribution in [1.82, 2.24) is 0 Å². The summed E-state index contributed by atoms with van der Waals surface area (Å²) < 4.78 is 4.55. The normalized spacial score (nSPS) is 14.3. The standard InChI is InChI=1S/C7H15NO3.H2O/c1-3-5-7(8,10)6(9)11-4-2;/h10H,3-5,8H2,1-2H3;1H2. The van der Waals surface area contributed by atoms with Gasteiger partial charge < -0.3 is 15.3 Å². The quantitative estimate of drug-likeness (QED) is 0.434. The first-order valence-corrected chi connectivity index (χ1v) is 3.73. The average molecular weight is 179 g/mol. The summed E-state index contributed by atoms with van der Waals surface area (Å²) in [7, 11) is 0. The zero-order valence-electron chi connectivity index (χ0n) is 7.46. The lowest BCUT2D eigenvalue weighted by molar-refractivity contribution is -0.165. The maximum atomic E-state index is 10.9. The molecule has 0 fully saturated rings. The zero-order valence-corrected chi connectivity index (χ0v) is 7.46. The van der Waals surface area contributed by atoms with Crippen LogP contribution in [0.1, 0.15) is 26.7 Å². The molecule has 0 radical (unpaired) electrons. The minimum absolute atomic E-state index is 0. The summed E-state index contributed by atoms with van der Waals surface area (Å²) in [6.45, 7) is 3.74. The van der Waals surface area contributed by atoms with E-state index in [-0.39, 0.29) is 18.5 Å². The van der Waals surface area contributed by atoms with Crippen molar-refractivity contribution in [2.75, 3.05) is 6.61 Å². The number of aliphatic hydroxyl groups is 1. The highest BCUT2D eigenvalue weighted by atomic mass is 16.6. The van der Waals surface area contributed by atoms with E-state index in [1.807, 2.05) is 6.92 Å². The van der Waals surface area contributed by atoms with Crippen molar-refractivity contribution in [3.8, 4) is 0 Å². The fourth-order valence-corrected chi connectivity index (χ4v) is 0.739. The van der Waals surface area contributed by atoms with E-state index in [0.29, 0.717) is 6.42 Å². The van der Waals surface area contributed by atoms with Crippen molar-refractivity contribution < 1.29 is 20.1 Å². The minimum atomic E-state index is -1.80. The van der Waals surface area contributed by atoms with E-state index in [2.05, 4.69) is 4.74 Å². The molecule has 0 aliphatic heterocycles. The fraction of sp³-hybridized carbons (Fsp3) is 0.857. The van der Waals surface area contributed by atoms with Gasteiger partial charge in [-0.3, -0.25) is 5.73 Å². The van der Waals surface area contributed by atoms with Gasteiger partial charge in [0.05, 0.1) is 6.61 Å². The van der Waals surface area contributed by atoms with Gasteiger partial charge in [-0.25, -0.2) is 4.79 Å². The van der Waals surface area contributed by atoms with E-state index >= 15 is 0 Å². The Morgan fingerprint density at radius 2 is 2.08 bits per heavy atom. The molecule has 0 aliphatic carbocycles. The van der Waals surface area contributed by atoms with Crippen LogP contribution in [0, 0.1) is 0 Å². The monoisotopic (exact) mass is 179 g/mol. The van der Waals surface area contributed by atoms with E-state index in [0.717, 1.165) is 0 Å². The molecule has 0 amide bonds. The molecule has 1 unspecified atom stereocenters. The number of nitrogens with two attached hydrogens (primary N) is 1. The van der Waals surface area contributed by atoms with E-state index in [9.17, 15) is 9.90 Å². The molecule has 0 aromatic carbocycles. The molecule has 5 nitrogen and oxygen atoms in total. The third-order valence-electron chi connectivity index (χ3n) is 1.26. The number of esters is 1. The summed E-state index contributed by atoms with van der Waals surface area (Å²) in [6.07, 6.45) is 0.873. The topological polar surface area (TPSA) is 104 Å². The van der Waals surface area contributed by atoms with Crippen LogP contribution in [0.2, 0.25) is 0 Å². The maximum Gasteiger partial charge on any atom is 0.353 e. The van der Waals surface area contributed by atoms with Crippen molar-refractivity contribution >= 4 is 5.97 Å². The lowest BCUT2D eigenvalue weighted by Crippen LogP contribution is -2.48. The molecule has 0 saturated carbocycles. The Bertz CT molecular complexity index is 135. The summed E-state index contributed by atoms with van der Waals surface area (Å²) in [5, 5.41) is 9.22. The number of rotatable bonds is 4. The smallest absolute Gasteiger partial charge is 0.353 e. The van der Waals surface area contributed by atoms with Crippen LogP contribution in [0.25, 0.3) is 0 Å². The predicted molar refractivity (Wildman–Crippen MR) is 44.3 cm³/mol. The summed E-state index contributed by atoms with van der Waals surface area (Å²) in [5.41, 5.74) is 3.44. The summed E-state index contributed by atoms with van der Waals surface area (Å²) in [5.74, 6) is -0.748. The van der Waals surface area contributed by atoms with Gasteiger partial charge in [-0.05, 0) is 6.92 Å². The highest BCUT2D eigenvalue weighted by molar-refractivity contribution is 5.78. The number of carbonyl (C=O) groups excluding carboxylic acids is 1. The number of hydrogen-bond donors (Lipinski definition) is 2. The van der Waals surface area contributed by atoms with Gasteiger partial charge in [0.2, 0.25) is 5.72 Å². The second-order valence-electron chi connectivity index (χ2n) is 2.39. The lowest BCUT2D eigenvalue weighted by Gasteiger charge is -2.19. The first-order chi connectivity index (χ1) is 5.04. The molecule has 12 heavy (non-hydrogen) atoms. The van der Waals surface area contributed by atoms with Crippen LogP contribution >= 0.6 is 0 Å². The van der Waals surface area contributed by atoms with Gasteiger partial charge >= 0.3 is 5.97 Å². The second kappa shape index (κ2) is 5.93. The molecule has 0 aromatic heterocycles. The Hall–Kier alpha value is -0.650. The van der Waals surface area contributed by atoms with E-state index < -0.39 is 11.7 Å².